The average molecular weight is 539 g/mol. The summed E-state index contributed by atoms with van der Waals surface area (Å²) in [6.45, 7) is 2.05. The van der Waals surface area contributed by atoms with E-state index in [2.05, 4.69) is 15.6 Å². The van der Waals surface area contributed by atoms with Crippen molar-refractivity contribution >= 4 is 29.9 Å². The van der Waals surface area contributed by atoms with E-state index in [1.54, 1.807) is 24.3 Å². The van der Waals surface area contributed by atoms with Gasteiger partial charge in [-0.3, -0.25) is 0 Å². The SMILES string of the molecule is CCNC(=NCc1ccc(OC)c(O)c1)NCc1ccc(OCC(F)(F)F)cc1.I. The van der Waals surface area contributed by atoms with Crippen LogP contribution in [0.2, 0.25) is 0 Å². The number of benzene rings is 2. The molecule has 0 saturated carbocycles. The monoisotopic (exact) mass is 539 g/mol. The Labute approximate surface area is 190 Å². The molecule has 166 valence electrons. The topological polar surface area (TPSA) is 75.1 Å². The number of hydrogen-bond donors (Lipinski definition) is 3. The molecule has 0 aliphatic heterocycles. The first-order chi connectivity index (χ1) is 13.8. The molecule has 0 atom stereocenters. The molecule has 0 amide bonds. The summed E-state index contributed by atoms with van der Waals surface area (Å²) >= 11 is 0. The van der Waals surface area contributed by atoms with Crippen molar-refractivity contribution in [2.24, 2.45) is 4.99 Å². The smallest absolute Gasteiger partial charge is 0.422 e. The summed E-state index contributed by atoms with van der Waals surface area (Å²) in [6.07, 6.45) is -4.36. The number of methoxy groups -OCH3 is 1. The number of nitrogens with zero attached hydrogens (tertiary/aromatic N) is 1. The molecule has 2 aromatic carbocycles. The first-order valence-electron chi connectivity index (χ1n) is 8.97. The Morgan fingerprint density at radius 2 is 1.73 bits per heavy atom. The van der Waals surface area contributed by atoms with Gasteiger partial charge in [-0.1, -0.05) is 18.2 Å². The summed E-state index contributed by atoms with van der Waals surface area (Å²) in [6, 6.07) is 11.4. The van der Waals surface area contributed by atoms with Crippen molar-refractivity contribution in [2.75, 3.05) is 20.3 Å². The van der Waals surface area contributed by atoms with Gasteiger partial charge in [0.2, 0.25) is 0 Å². The van der Waals surface area contributed by atoms with Crippen LogP contribution in [0.4, 0.5) is 13.2 Å². The largest absolute Gasteiger partial charge is 0.504 e. The normalized spacial score (nSPS) is 11.4. The highest BCUT2D eigenvalue weighted by molar-refractivity contribution is 14.0. The number of alkyl halides is 3. The predicted molar refractivity (Wildman–Crippen MR) is 120 cm³/mol. The van der Waals surface area contributed by atoms with Gasteiger partial charge < -0.3 is 25.2 Å². The summed E-state index contributed by atoms with van der Waals surface area (Å²) in [7, 11) is 1.48. The Morgan fingerprint density at radius 1 is 1.07 bits per heavy atom. The van der Waals surface area contributed by atoms with Crippen molar-refractivity contribution in [1.29, 1.82) is 0 Å². The van der Waals surface area contributed by atoms with Gasteiger partial charge >= 0.3 is 6.18 Å². The lowest BCUT2D eigenvalue weighted by Crippen LogP contribution is -2.36. The number of phenols is 1. The Bertz CT molecular complexity index is 815. The lowest BCUT2D eigenvalue weighted by Gasteiger charge is -2.13. The standard InChI is InChI=1S/C20H24F3N3O3.HI/c1-3-24-19(26-12-15-6-9-18(28-2)17(27)10-15)25-11-14-4-7-16(8-5-14)29-13-20(21,22)23;/h4-10,27H,3,11-13H2,1-2H3,(H2,24,25,26);1H. The highest BCUT2D eigenvalue weighted by atomic mass is 127. The van der Waals surface area contributed by atoms with Gasteiger partial charge in [0.05, 0.1) is 13.7 Å². The van der Waals surface area contributed by atoms with E-state index < -0.39 is 12.8 Å². The average Bonchev–Trinajstić information content (AvgIpc) is 2.69. The summed E-state index contributed by atoms with van der Waals surface area (Å²) in [5, 5.41) is 16.1. The summed E-state index contributed by atoms with van der Waals surface area (Å²) in [5.74, 6) is 1.17. The first kappa shape index (κ1) is 25.7. The Balaban J connectivity index is 0.00000450. The number of phenolic OH excluding ortho intramolecular Hbond substituents is 1. The van der Waals surface area contributed by atoms with Gasteiger partial charge in [0.1, 0.15) is 5.75 Å². The molecule has 2 rings (SSSR count). The van der Waals surface area contributed by atoms with E-state index in [1.807, 2.05) is 13.0 Å². The fraction of sp³-hybridized carbons (Fsp3) is 0.350. The first-order valence-corrected chi connectivity index (χ1v) is 8.97. The third-order valence-corrected chi connectivity index (χ3v) is 3.79. The Hall–Kier alpha value is -2.37. The fourth-order valence-electron chi connectivity index (χ4n) is 2.40. The van der Waals surface area contributed by atoms with Gasteiger partial charge in [-0.25, -0.2) is 4.99 Å². The summed E-state index contributed by atoms with van der Waals surface area (Å²) in [5.41, 5.74) is 1.67. The predicted octanol–water partition coefficient (Wildman–Crippen LogP) is 4.22. The maximum Gasteiger partial charge on any atom is 0.422 e. The van der Waals surface area contributed by atoms with Crippen LogP contribution in [0.15, 0.2) is 47.5 Å². The molecule has 0 unspecified atom stereocenters. The number of guanidine groups is 1. The maximum absolute atomic E-state index is 12.2. The second-order valence-corrected chi connectivity index (χ2v) is 6.10. The number of aromatic hydroxyl groups is 1. The molecule has 2 aromatic rings. The zero-order valence-electron chi connectivity index (χ0n) is 16.6. The molecule has 0 saturated heterocycles. The summed E-state index contributed by atoms with van der Waals surface area (Å²) < 4.78 is 46.3. The molecule has 0 heterocycles. The van der Waals surface area contributed by atoms with Crippen molar-refractivity contribution in [3.8, 4) is 17.2 Å². The number of rotatable bonds is 8. The molecule has 10 heteroatoms. The molecule has 0 aliphatic carbocycles. The molecule has 0 spiro atoms. The molecule has 3 N–H and O–H groups in total. The highest BCUT2D eigenvalue weighted by Gasteiger charge is 2.28. The fourth-order valence-corrected chi connectivity index (χ4v) is 2.40. The number of ether oxygens (including phenoxy) is 2. The van der Waals surface area contributed by atoms with Gasteiger partial charge in [-0.05, 0) is 42.3 Å². The van der Waals surface area contributed by atoms with Crippen LogP contribution < -0.4 is 20.1 Å². The Morgan fingerprint density at radius 3 is 2.30 bits per heavy atom. The van der Waals surface area contributed by atoms with Crippen molar-refractivity contribution in [2.45, 2.75) is 26.2 Å². The molecule has 0 radical (unpaired) electrons. The second-order valence-electron chi connectivity index (χ2n) is 6.10. The van der Waals surface area contributed by atoms with Crippen LogP contribution in [0.5, 0.6) is 17.2 Å². The van der Waals surface area contributed by atoms with Crippen LogP contribution in [0.25, 0.3) is 0 Å². The van der Waals surface area contributed by atoms with Crippen LogP contribution in [-0.4, -0.2) is 37.5 Å². The van der Waals surface area contributed by atoms with Gasteiger partial charge in [0.25, 0.3) is 0 Å². The van der Waals surface area contributed by atoms with Crippen LogP contribution in [0.1, 0.15) is 18.1 Å². The number of halogens is 4. The Kier molecular flexibility index (Phi) is 10.6. The molecule has 6 nitrogen and oxygen atoms in total. The minimum Gasteiger partial charge on any atom is -0.504 e. The molecule has 30 heavy (non-hydrogen) atoms. The summed E-state index contributed by atoms with van der Waals surface area (Å²) in [4.78, 5) is 4.46. The zero-order chi connectivity index (χ0) is 21.3. The quantitative estimate of drug-likeness (QED) is 0.266. The van der Waals surface area contributed by atoms with E-state index in [0.717, 1.165) is 11.1 Å². The van der Waals surface area contributed by atoms with E-state index in [4.69, 9.17) is 9.47 Å². The van der Waals surface area contributed by atoms with Gasteiger partial charge in [-0.15, -0.1) is 24.0 Å². The van der Waals surface area contributed by atoms with E-state index in [0.29, 0.717) is 31.3 Å². The van der Waals surface area contributed by atoms with Crippen molar-refractivity contribution in [3.63, 3.8) is 0 Å². The van der Waals surface area contributed by atoms with Crippen LogP contribution in [-0.2, 0) is 13.1 Å². The maximum atomic E-state index is 12.2. The van der Waals surface area contributed by atoms with E-state index in [-0.39, 0.29) is 35.5 Å². The van der Waals surface area contributed by atoms with Gasteiger partial charge in [0.15, 0.2) is 24.1 Å². The lowest BCUT2D eigenvalue weighted by atomic mass is 10.2. The van der Waals surface area contributed by atoms with Crippen molar-refractivity contribution in [1.82, 2.24) is 10.6 Å². The van der Waals surface area contributed by atoms with Crippen molar-refractivity contribution in [3.05, 3.63) is 53.6 Å². The molecule has 0 aliphatic rings. The van der Waals surface area contributed by atoms with Crippen molar-refractivity contribution < 1.29 is 27.8 Å². The molecular weight excluding hydrogens is 514 g/mol. The van der Waals surface area contributed by atoms with E-state index >= 15 is 0 Å². The number of aliphatic imine (C=N–C) groups is 1. The minimum atomic E-state index is -4.36. The van der Waals surface area contributed by atoms with E-state index in [1.165, 1.54) is 19.2 Å². The third-order valence-electron chi connectivity index (χ3n) is 3.79. The third kappa shape index (κ3) is 8.97. The van der Waals surface area contributed by atoms with Gasteiger partial charge in [0, 0.05) is 13.1 Å². The van der Waals surface area contributed by atoms with Gasteiger partial charge in [-0.2, -0.15) is 13.2 Å². The second kappa shape index (κ2) is 12.4. The zero-order valence-corrected chi connectivity index (χ0v) is 19.0. The highest BCUT2D eigenvalue weighted by Crippen LogP contribution is 2.26. The number of nitrogens with one attached hydrogen (secondary N) is 2. The molecular formula is C20H25F3IN3O3. The lowest BCUT2D eigenvalue weighted by molar-refractivity contribution is -0.153. The number of hydrogen-bond acceptors (Lipinski definition) is 4. The minimum absolute atomic E-state index is 0. The van der Waals surface area contributed by atoms with Crippen LogP contribution >= 0.6 is 24.0 Å². The molecule has 0 aromatic heterocycles. The van der Waals surface area contributed by atoms with E-state index in [9.17, 15) is 18.3 Å². The molecule has 0 bridgehead atoms. The molecule has 0 fully saturated rings. The van der Waals surface area contributed by atoms with Crippen LogP contribution in [0, 0.1) is 0 Å². The van der Waals surface area contributed by atoms with Crippen LogP contribution in [0.3, 0.4) is 0 Å².